The Balaban J connectivity index is 2.02. The van der Waals surface area contributed by atoms with Crippen molar-refractivity contribution in [3.63, 3.8) is 0 Å². The lowest BCUT2D eigenvalue weighted by molar-refractivity contribution is 0.0985. The van der Waals surface area contributed by atoms with E-state index in [0.717, 1.165) is 19.1 Å². The van der Waals surface area contributed by atoms with E-state index in [1.807, 2.05) is 0 Å². The second-order valence-corrected chi connectivity index (χ2v) is 6.30. The number of nitrogens with one attached hydrogen (secondary N) is 1. The van der Waals surface area contributed by atoms with Crippen molar-refractivity contribution in [1.82, 2.24) is 5.32 Å². The fourth-order valence-electron chi connectivity index (χ4n) is 4.12. The third-order valence-corrected chi connectivity index (χ3v) is 4.92. The van der Waals surface area contributed by atoms with Crippen molar-refractivity contribution in [3.8, 4) is 0 Å². The largest absolute Gasteiger partial charge is 0.383 e. The van der Waals surface area contributed by atoms with Crippen molar-refractivity contribution in [2.75, 3.05) is 20.3 Å². The highest BCUT2D eigenvalue weighted by Gasteiger charge is 2.58. The Morgan fingerprint density at radius 1 is 1.33 bits per heavy atom. The van der Waals surface area contributed by atoms with Gasteiger partial charge in [-0.05, 0) is 36.0 Å². The minimum Gasteiger partial charge on any atom is -0.383 e. The zero-order valence-corrected chi connectivity index (χ0v) is 10.6. The average Bonchev–Trinajstić information content (AvgIpc) is 2.62. The van der Waals surface area contributed by atoms with Crippen LogP contribution in [0.3, 0.4) is 0 Å². The third kappa shape index (κ3) is 1.72. The lowest BCUT2D eigenvalue weighted by Gasteiger charge is -2.43. The molecule has 0 radical (unpaired) electrons. The van der Waals surface area contributed by atoms with E-state index in [1.165, 1.54) is 19.3 Å². The zero-order valence-electron chi connectivity index (χ0n) is 10.6. The van der Waals surface area contributed by atoms with Crippen LogP contribution in [-0.2, 0) is 4.74 Å². The summed E-state index contributed by atoms with van der Waals surface area (Å²) in [5, 5.41) is 3.72. The molecule has 0 saturated heterocycles. The van der Waals surface area contributed by atoms with Gasteiger partial charge in [-0.1, -0.05) is 20.8 Å². The van der Waals surface area contributed by atoms with Gasteiger partial charge >= 0.3 is 0 Å². The summed E-state index contributed by atoms with van der Waals surface area (Å²) in [6.45, 7) is 9.16. The van der Waals surface area contributed by atoms with Crippen LogP contribution >= 0.6 is 0 Å². The van der Waals surface area contributed by atoms with Gasteiger partial charge in [0.25, 0.3) is 0 Å². The van der Waals surface area contributed by atoms with E-state index in [-0.39, 0.29) is 0 Å². The molecule has 2 aliphatic rings. The van der Waals surface area contributed by atoms with Crippen LogP contribution in [0.2, 0.25) is 0 Å². The van der Waals surface area contributed by atoms with Crippen molar-refractivity contribution < 1.29 is 4.74 Å². The molecule has 0 aromatic rings. The topological polar surface area (TPSA) is 21.3 Å². The van der Waals surface area contributed by atoms with Gasteiger partial charge in [0.05, 0.1) is 6.61 Å². The summed E-state index contributed by atoms with van der Waals surface area (Å²) >= 11 is 0. The average molecular weight is 211 g/mol. The molecule has 0 spiro atoms. The predicted octanol–water partition coefficient (Wildman–Crippen LogP) is 2.44. The Bertz CT molecular complexity index is 234. The van der Waals surface area contributed by atoms with Gasteiger partial charge in [-0.2, -0.15) is 0 Å². The first-order valence-electron chi connectivity index (χ1n) is 6.23. The van der Waals surface area contributed by atoms with Gasteiger partial charge < -0.3 is 10.1 Å². The summed E-state index contributed by atoms with van der Waals surface area (Å²) in [5.41, 5.74) is 1.02. The molecule has 2 aliphatic carbocycles. The van der Waals surface area contributed by atoms with E-state index >= 15 is 0 Å². The van der Waals surface area contributed by atoms with Gasteiger partial charge in [0.15, 0.2) is 0 Å². The number of fused-ring (bicyclic) bond motifs is 2. The van der Waals surface area contributed by atoms with Crippen molar-refractivity contribution in [2.24, 2.45) is 16.7 Å². The summed E-state index contributed by atoms with van der Waals surface area (Å²) in [5.74, 6) is 0.933. The van der Waals surface area contributed by atoms with E-state index in [2.05, 4.69) is 26.1 Å². The molecule has 2 nitrogen and oxygen atoms in total. The lowest BCUT2D eigenvalue weighted by Crippen LogP contribution is -2.51. The summed E-state index contributed by atoms with van der Waals surface area (Å²) in [7, 11) is 1.77. The standard InChI is InChI=1S/C13H25NO/c1-12(2)10-5-6-13(3,9-10)11(12)14-7-8-15-4/h10-11,14H,5-9H2,1-4H3/t10-,11?,13+/m0/s1. The molecule has 15 heavy (non-hydrogen) atoms. The molecule has 2 heteroatoms. The molecule has 1 N–H and O–H groups in total. The maximum Gasteiger partial charge on any atom is 0.0587 e. The molecule has 3 atom stereocenters. The Kier molecular flexibility index (Phi) is 2.85. The number of hydrogen-bond donors (Lipinski definition) is 1. The number of ether oxygens (including phenoxy) is 1. The van der Waals surface area contributed by atoms with Crippen molar-refractivity contribution >= 4 is 0 Å². The van der Waals surface area contributed by atoms with Crippen LogP contribution in [0.25, 0.3) is 0 Å². The van der Waals surface area contributed by atoms with Gasteiger partial charge in [0.2, 0.25) is 0 Å². The summed E-state index contributed by atoms with van der Waals surface area (Å²) in [4.78, 5) is 0. The molecule has 0 aromatic heterocycles. The highest BCUT2D eigenvalue weighted by molar-refractivity contribution is 5.11. The molecule has 2 saturated carbocycles. The maximum atomic E-state index is 5.12. The maximum absolute atomic E-state index is 5.12. The van der Waals surface area contributed by atoms with Gasteiger partial charge in [0.1, 0.15) is 0 Å². The lowest BCUT2D eigenvalue weighted by atomic mass is 9.68. The van der Waals surface area contributed by atoms with E-state index in [9.17, 15) is 0 Å². The molecule has 2 fully saturated rings. The van der Waals surface area contributed by atoms with Crippen LogP contribution in [0.4, 0.5) is 0 Å². The Morgan fingerprint density at radius 3 is 2.60 bits per heavy atom. The van der Waals surface area contributed by atoms with E-state index in [1.54, 1.807) is 7.11 Å². The molecular formula is C13H25NO. The van der Waals surface area contributed by atoms with Crippen LogP contribution in [0.1, 0.15) is 40.0 Å². The van der Waals surface area contributed by atoms with E-state index in [4.69, 9.17) is 4.74 Å². The Labute approximate surface area is 93.8 Å². The minimum atomic E-state index is 0.473. The second-order valence-electron chi connectivity index (χ2n) is 6.30. The summed E-state index contributed by atoms with van der Waals surface area (Å²) in [6, 6.07) is 0.680. The Hall–Kier alpha value is -0.0800. The monoisotopic (exact) mass is 211 g/mol. The predicted molar refractivity (Wildman–Crippen MR) is 62.9 cm³/mol. The van der Waals surface area contributed by atoms with Gasteiger partial charge in [-0.3, -0.25) is 0 Å². The number of rotatable bonds is 4. The van der Waals surface area contributed by atoms with E-state index in [0.29, 0.717) is 16.9 Å². The van der Waals surface area contributed by atoms with Crippen LogP contribution in [0.5, 0.6) is 0 Å². The molecule has 0 heterocycles. The molecule has 0 amide bonds. The fourth-order valence-corrected chi connectivity index (χ4v) is 4.12. The van der Waals surface area contributed by atoms with Crippen LogP contribution in [0, 0.1) is 16.7 Å². The smallest absolute Gasteiger partial charge is 0.0587 e. The SMILES string of the molecule is COCCNC1C(C)(C)[C@H]2CC[C@]1(C)C2. The molecule has 0 aliphatic heterocycles. The number of hydrogen-bond acceptors (Lipinski definition) is 2. The van der Waals surface area contributed by atoms with Gasteiger partial charge in [0, 0.05) is 19.7 Å². The normalized spacial score (nSPS) is 42.4. The fraction of sp³-hybridized carbons (Fsp3) is 1.00. The molecular weight excluding hydrogens is 186 g/mol. The van der Waals surface area contributed by atoms with Gasteiger partial charge in [-0.15, -0.1) is 0 Å². The molecule has 88 valence electrons. The highest BCUT2D eigenvalue weighted by atomic mass is 16.5. The highest BCUT2D eigenvalue weighted by Crippen LogP contribution is 2.62. The first-order valence-corrected chi connectivity index (χ1v) is 6.23. The van der Waals surface area contributed by atoms with Gasteiger partial charge in [-0.25, -0.2) is 0 Å². The number of methoxy groups -OCH3 is 1. The summed E-state index contributed by atoms with van der Waals surface area (Å²) in [6.07, 6.45) is 4.27. The van der Waals surface area contributed by atoms with Crippen LogP contribution < -0.4 is 5.32 Å². The minimum absolute atomic E-state index is 0.473. The van der Waals surface area contributed by atoms with E-state index < -0.39 is 0 Å². The Morgan fingerprint density at radius 2 is 2.07 bits per heavy atom. The van der Waals surface area contributed by atoms with Crippen molar-refractivity contribution in [3.05, 3.63) is 0 Å². The van der Waals surface area contributed by atoms with Crippen LogP contribution in [0.15, 0.2) is 0 Å². The first kappa shape index (κ1) is 11.4. The molecule has 2 rings (SSSR count). The molecule has 0 aromatic carbocycles. The summed E-state index contributed by atoms with van der Waals surface area (Å²) < 4.78 is 5.12. The quantitative estimate of drug-likeness (QED) is 0.721. The van der Waals surface area contributed by atoms with Crippen LogP contribution in [-0.4, -0.2) is 26.3 Å². The van der Waals surface area contributed by atoms with Crippen molar-refractivity contribution in [2.45, 2.75) is 46.1 Å². The first-order chi connectivity index (χ1) is 7.00. The zero-order chi connectivity index (χ0) is 11.1. The molecule has 2 bridgehead atoms. The molecule has 1 unspecified atom stereocenters. The third-order valence-electron chi connectivity index (χ3n) is 4.92. The van der Waals surface area contributed by atoms with Crippen molar-refractivity contribution in [1.29, 1.82) is 0 Å². The second kappa shape index (κ2) is 3.74.